The highest BCUT2D eigenvalue weighted by Gasteiger charge is 2.22. The molecule has 1 aromatic heterocycles. The van der Waals surface area contributed by atoms with Crippen LogP contribution in [0.2, 0.25) is 0 Å². The Labute approximate surface area is 177 Å². The zero-order valence-corrected chi connectivity index (χ0v) is 17.1. The van der Waals surface area contributed by atoms with Crippen molar-refractivity contribution in [2.45, 2.75) is 6.54 Å². The first-order chi connectivity index (χ1) is 14.7. The number of ether oxygens (including phenoxy) is 2. The van der Waals surface area contributed by atoms with Gasteiger partial charge in [-0.15, -0.1) is 0 Å². The predicted octanol–water partition coefficient (Wildman–Crippen LogP) is 5.06. The number of anilines is 1. The number of carbonyl (C=O) groups excluding carboxylic acids is 1. The molecule has 3 aromatic carbocycles. The van der Waals surface area contributed by atoms with Crippen LogP contribution in [0.5, 0.6) is 11.5 Å². The van der Waals surface area contributed by atoms with Crippen molar-refractivity contribution in [2.75, 3.05) is 18.6 Å². The van der Waals surface area contributed by atoms with Gasteiger partial charge in [0.1, 0.15) is 11.3 Å². The zero-order valence-electron chi connectivity index (χ0n) is 16.2. The molecule has 0 N–H and O–H groups in total. The van der Waals surface area contributed by atoms with E-state index >= 15 is 0 Å². The van der Waals surface area contributed by atoms with Gasteiger partial charge in [0.2, 0.25) is 0 Å². The Bertz CT molecular complexity index is 1160. The quantitative estimate of drug-likeness (QED) is 0.418. The highest BCUT2D eigenvalue weighted by atomic mass is 32.1. The lowest BCUT2D eigenvalue weighted by Crippen LogP contribution is -2.34. The lowest BCUT2D eigenvalue weighted by Gasteiger charge is -2.20. The molecule has 0 radical (unpaired) electrons. The monoisotopic (exact) mass is 422 g/mol. The number of para-hydroxylation sites is 3. The topological polar surface area (TPSA) is 51.7 Å². The molecule has 0 unspecified atom stereocenters. The number of benzene rings is 3. The first-order valence-electron chi connectivity index (χ1n) is 9.31. The fraction of sp³-hybridized carbons (Fsp3) is 0.130. The maximum absolute atomic E-state index is 14.1. The van der Waals surface area contributed by atoms with Gasteiger partial charge in [0.25, 0.3) is 5.91 Å². The van der Waals surface area contributed by atoms with E-state index in [4.69, 9.17) is 9.47 Å². The first kappa shape index (κ1) is 19.8. The van der Waals surface area contributed by atoms with Crippen LogP contribution in [0.15, 0.2) is 72.8 Å². The molecule has 0 fully saturated rings. The first-order valence-corrected chi connectivity index (χ1v) is 10.1. The van der Waals surface area contributed by atoms with Crippen LogP contribution in [0.4, 0.5) is 9.52 Å². The van der Waals surface area contributed by atoms with Gasteiger partial charge in [0.15, 0.2) is 23.2 Å². The summed E-state index contributed by atoms with van der Waals surface area (Å²) in [6.45, 7) is 0.0992. The zero-order chi connectivity index (χ0) is 20.9. The van der Waals surface area contributed by atoms with Crippen LogP contribution in [0.25, 0.3) is 10.2 Å². The van der Waals surface area contributed by atoms with Crippen molar-refractivity contribution >= 4 is 32.6 Å². The Morgan fingerprint density at radius 2 is 1.73 bits per heavy atom. The summed E-state index contributed by atoms with van der Waals surface area (Å²) in [6.07, 6.45) is 0. The maximum Gasteiger partial charge on any atom is 0.267 e. The van der Waals surface area contributed by atoms with Crippen molar-refractivity contribution in [3.05, 3.63) is 84.2 Å². The molecule has 1 heterocycles. The van der Waals surface area contributed by atoms with Crippen LogP contribution < -0.4 is 14.4 Å². The molecule has 0 saturated heterocycles. The number of hydrogen-bond donors (Lipinski definition) is 0. The molecule has 0 aliphatic heterocycles. The van der Waals surface area contributed by atoms with E-state index < -0.39 is 5.82 Å². The predicted molar refractivity (Wildman–Crippen MR) is 116 cm³/mol. The summed E-state index contributed by atoms with van der Waals surface area (Å²) in [5.41, 5.74) is 1.19. The van der Waals surface area contributed by atoms with E-state index in [0.717, 1.165) is 5.56 Å². The third kappa shape index (κ3) is 4.26. The van der Waals surface area contributed by atoms with Gasteiger partial charge in [0, 0.05) is 0 Å². The molecule has 0 atom stereocenters. The number of rotatable bonds is 7. The van der Waals surface area contributed by atoms with Crippen molar-refractivity contribution in [1.82, 2.24) is 4.98 Å². The molecular weight excluding hydrogens is 403 g/mol. The van der Waals surface area contributed by atoms with Crippen molar-refractivity contribution in [3.8, 4) is 11.5 Å². The minimum atomic E-state index is -0.410. The average Bonchev–Trinajstić information content (AvgIpc) is 3.22. The Hall–Kier alpha value is -3.45. The van der Waals surface area contributed by atoms with Crippen molar-refractivity contribution in [3.63, 3.8) is 0 Å². The van der Waals surface area contributed by atoms with E-state index in [1.54, 1.807) is 37.4 Å². The summed E-state index contributed by atoms with van der Waals surface area (Å²) in [6, 6.07) is 21.5. The van der Waals surface area contributed by atoms with Gasteiger partial charge in [-0.2, -0.15) is 0 Å². The molecule has 152 valence electrons. The number of carbonyl (C=O) groups is 1. The smallest absolute Gasteiger partial charge is 0.267 e. The molecule has 0 spiro atoms. The van der Waals surface area contributed by atoms with Gasteiger partial charge in [-0.25, -0.2) is 9.37 Å². The highest BCUT2D eigenvalue weighted by Crippen LogP contribution is 2.32. The number of aromatic nitrogens is 1. The van der Waals surface area contributed by atoms with Crippen molar-refractivity contribution < 1.29 is 18.7 Å². The number of nitrogens with zero attached hydrogens (tertiary/aromatic N) is 2. The fourth-order valence-electron chi connectivity index (χ4n) is 3.00. The fourth-order valence-corrected chi connectivity index (χ4v) is 4.00. The summed E-state index contributed by atoms with van der Waals surface area (Å²) in [4.78, 5) is 19.0. The Balaban J connectivity index is 1.62. The molecule has 0 aliphatic rings. The van der Waals surface area contributed by atoms with Gasteiger partial charge < -0.3 is 9.47 Å². The number of hydrogen-bond acceptors (Lipinski definition) is 5. The van der Waals surface area contributed by atoms with Crippen LogP contribution >= 0.6 is 11.3 Å². The molecule has 0 bridgehead atoms. The van der Waals surface area contributed by atoms with E-state index in [-0.39, 0.29) is 18.0 Å². The highest BCUT2D eigenvalue weighted by molar-refractivity contribution is 7.22. The SMILES string of the molecule is COc1ccccc1OCC(=O)N(Cc1ccccc1)c1nc2c(F)cccc2s1. The van der Waals surface area contributed by atoms with Crippen molar-refractivity contribution in [1.29, 1.82) is 0 Å². The third-order valence-electron chi connectivity index (χ3n) is 4.49. The lowest BCUT2D eigenvalue weighted by molar-refractivity contribution is -0.120. The summed E-state index contributed by atoms with van der Waals surface area (Å²) >= 11 is 1.27. The molecule has 7 heteroatoms. The van der Waals surface area contributed by atoms with Gasteiger partial charge >= 0.3 is 0 Å². The Kier molecular flexibility index (Phi) is 5.90. The van der Waals surface area contributed by atoms with Crippen molar-refractivity contribution in [2.24, 2.45) is 0 Å². The molecule has 4 rings (SSSR count). The lowest BCUT2D eigenvalue weighted by atomic mass is 10.2. The number of thiazole rings is 1. The third-order valence-corrected chi connectivity index (χ3v) is 5.54. The largest absolute Gasteiger partial charge is 0.493 e. The molecule has 1 amide bonds. The van der Waals surface area contributed by atoms with E-state index in [9.17, 15) is 9.18 Å². The van der Waals surface area contributed by atoms with E-state index in [1.165, 1.54) is 22.3 Å². The minimum Gasteiger partial charge on any atom is -0.493 e. The molecule has 4 aromatic rings. The average molecular weight is 422 g/mol. The number of halogens is 1. The second kappa shape index (κ2) is 8.92. The molecule has 0 saturated carbocycles. The Morgan fingerprint density at radius 1 is 1.00 bits per heavy atom. The van der Waals surface area contributed by atoms with Gasteiger partial charge in [-0.3, -0.25) is 9.69 Å². The Morgan fingerprint density at radius 3 is 2.47 bits per heavy atom. The summed E-state index contributed by atoms with van der Waals surface area (Å²) in [7, 11) is 1.54. The van der Waals surface area contributed by atoms with Gasteiger partial charge in [-0.05, 0) is 29.8 Å². The number of methoxy groups -OCH3 is 1. The van der Waals surface area contributed by atoms with E-state index in [0.29, 0.717) is 27.9 Å². The molecule has 0 aliphatic carbocycles. The molecule has 30 heavy (non-hydrogen) atoms. The number of fused-ring (bicyclic) bond motifs is 1. The van der Waals surface area contributed by atoms with Crippen LogP contribution in [0.3, 0.4) is 0 Å². The minimum absolute atomic E-state index is 0.203. The standard InChI is InChI=1S/C23H19FN2O3S/c1-28-18-11-5-6-12-19(18)29-15-21(27)26(14-16-8-3-2-4-9-16)23-25-22-17(24)10-7-13-20(22)30-23/h2-13H,14-15H2,1H3. The maximum atomic E-state index is 14.1. The second-order valence-corrected chi connectivity index (χ2v) is 7.50. The summed E-state index contributed by atoms with van der Waals surface area (Å²) in [5, 5.41) is 0.424. The van der Waals surface area contributed by atoms with Crippen LogP contribution in [-0.2, 0) is 11.3 Å². The van der Waals surface area contributed by atoms with Gasteiger partial charge in [-0.1, -0.05) is 59.9 Å². The summed E-state index contributed by atoms with van der Waals surface area (Å²) in [5.74, 6) is 0.321. The van der Waals surface area contributed by atoms with E-state index in [1.807, 2.05) is 36.4 Å². The summed E-state index contributed by atoms with van der Waals surface area (Å²) < 4.78 is 25.8. The van der Waals surface area contributed by atoms with Crippen LogP contribution in [-0.4, -0.2) is 24.6 Å². The molecular formula is C23H19FN2O3S. The molecule has 5 nitrogen and oxygen atoms in total. The number of amides is 1. The van der Waals surface area contributed by atoms with E-state index in [2.05, 4.69) is 4.98 Å². The second-order valence-electron chi connectivity index (χ2n) is 6.49. The van der Waals surface area contributed by atoms with Crippen LogP contribution in [0.1, 0.15) is 5.56 Å². The van der Waals surface area contributed by atoms with Gasteiger partial charge in [0.05, 0.1) is 18.4 Å². The normalized spacial score (nSPS) is 10.7. The van der Waals surface area contributed by atoms with Crippen LogP contribution in [0, 0.1) is 5.82 Å².